The number of nitrogens with one attached hydrogen (secondary N) is 3. The van der Waals surface area contributed by atoms with Crippen LogP contribution in [0.25, 0.3) is 11.3 Å². The quantitative estimate of drug-likeness (QED) is 0.174. The van der Waals surface area contributed by atoms with E-state index in [0.717, 1.165) is 19.9 Å². The van der Waals surface area contributed by atoms with Gasteiger partial charge in [-0.05, 0) is 62.6 Å². The average Bonchev–Trinajstić information content (AvgIpc) is 3.26. The Balaban J connectivity index is 1.76. The molecule has 0 atom stereocenters. The number of ether oxygens (including phenoxy) is 1. The van der Waals surface area contributed by atoms with E-state index in [-0.39, 0.29) is 52.6 Å². The van der Waals surface area contributed by atoms with Crippen molar-refractivity contribution < 1.29 is 45.1 Å². The number of hydrogen-bond acceptors (Lipinski definition) is 7. The van der Waals surface area contributed by atoms with Crippen LogP contribution in [-0.4, -0.2) is 60.6 Å². The van der Waals surface area contributed by atoms with Crippen LogP contribution in [0.3, 0.4) is 0 Å². The summed E-state index contributed by atoms with van der Waals surface area (Å²) in [5.41, 5.74) is -2.02. The fourth-order valence-corrected chi connectivity index (χ4v) is 5.74. The lowest BCUT2D eigenvalue weighted by Gasteiger charge is -2.29. The van der Waals surface area contributed by atoms with Gasteiger partial charge in [-0.1, -0.05) is 36.4 Å². The molecule has 3 rings (SSSR count). The zero-order valence-corrected chi connectivity index (χ0v) is 25.3. The van der Waals surface area contributed by atoms with E-state index < -0.39 is 52.2 Å². The summed E-state index contributed by atoms with van der Waals surface area (Å²) in [6.07, 6.45) is -2.32. The molecular formula is C26H35ClF5N5O5S. The lowest BCUT2D eigenvalue weighted by atomic mass is 9.84. The van der Waals surface area contributed by atoms with Gasteiger partial charge in [0.1, 0.15) is 11.6 Å². The number of hydrogen-bond donors (Lipinski definition) is 4. The van der Waals surface area contributed by atoms with Gasteiger partial charge in [0.05, 0.1) is 16.1 Å². The van der Waals surface area contributed by atoms with Crippen LogP contribution in [0.5, 0.6) is 5.75 Å². The summed E-state index contributed by atoms with van der Waals surface area (Å²) in [6.45, 7) is 0.915. The number of carbonyl (C=O) groups is 1. The zero-order chi connectivity index (χ0) is 32.2. The Morgan fingerprint density at radius 3 is 2.42 bits per heavy atom. The molecule has 17 heteroatoms. The Kier molecular flexibility index (Phi) is 11.4. The van der Waals surface area contributed by atoms with E-state index in [1.807, 2.05) is 0 Å². The molecule has 0 spiro atoms. The number of aryl methyl sites for hydroxylation is 1. The summed E-state index contributed by atoms with van der Waals surface area (Å²) in [6, 6.07) is 3.73. The largest absolute Gasteiger partial charge is 0.434 e. The highest BCUT2D eigenvalue weighted by molar-refractivity contribution is 7.89. The molecule has 0 radical (unpaired) electrons. The van der Waals surface area contributed by atoms with Crippen molar-refractivity contribution in [3.63, 3.8) is 0 Å². The molecule has 1 fully saturated rings. The predicted molar refractivity (Wildman–Crippen MR) is 148 cm³/mol. The highest BCUT2D eigenvalue weighted by atomic mass is 35.5. The van der Waals surface area contributed by atoms with E-state index in [2.05, 4.69) is 20.5 Å². The SMILES string of the molecule is CCn1nc(C(=O)NCC2CCC(NCS(=O)(=O)NO)CC2)c(Cl)c1-c1ccc(CC(C)(C)C(F)(F)F)cc1OC(F)F. The third kappa shape index (κ3) is 9.00. The lowest BCUT2D eigenvalue weighted by molar-refractivity contribution is -0.211. The van der Waals surface area contributed by atoms with Gasteiger partial charge in [0.25, 0.3) is 5.91 Å². The molecule has 2 aromatic rings. The van der Waals surface area contributed by atoms with Gasteiger partial charge in [0, 0.05) is 24.7 Å². The van der Waals surface area contributed by atoms with Crippen LogP contribution in [0.2, 0.25) is 5.02 Å². The minimum atomic E-state index is -4.53. The number of halogens is 6. The minimum absolute atomic E-state index is 0.0384. The second-order valence-corrected chi connectivity index (χ2v) is 13.2. The molecule has 1 aromatic heterocycles. The van der Waals surface area contributed by atoms with Crippen LogP contribution >= 0.6 is 11.6 Å². The van der Waals surface area contributed by atoms with Gasteiger partial charge in [-0.2, -0.15) is 27.1 Å². The number of sulfonamides is 1. The maximum Gasteiger partial charge on any atom is 0.394 e. The number of rotatable bonds is 13. The van der Waals surface area contributed by atoms with Crippen molar-refractivity contribution >= 4 is 27.5 Å². The van der Waals surface area contributed by atoms with Crippen molar-refractivity contribution in [1.29, 1.82) is 0 Å². The van der Waals surface area contributed by atoms with Crippen molar-refractivity contribution in [1.82, 2.24) is 25.3 Å². The second kappa shape index (κ2) is 14.1. The first-order valence-corrected chi connectivity index (χ1v) is 15.6. The summed E-state index contributed by atoms with van der Waals surface area (Å²) in [7, 11) is -3.81. The van der Waals surface area contributed by atoms with Gasteiger partial charge >= 0.3 is 12.8 Å². The smallest absolute Gasteiger partial charge is 0.394 e. The Morgan fingerprint density at radius 2 is 1.86 bits per heavy atom. The van der Waals surface area contributed by atoms with Gasteiger partial charge in [-0.3, -0.25) is 14.8 Å². The van der Waals surface area contributed by atoms with E-state index in [1.165, 1.54) is 21.7 Å². The minimum Gasteiger partial charge on any atom is -0.434 e. The molecule has 1 heterocycles. The lowest BCUT2D eigenvalue weighted by Crippen LogP contribution is -2.41. The molecule has 1 amide bonds. The van der Waals surface area contributed by atoms with Crippen molar-refractivity contribution in [2.45, 2.75) is 78.2 Å². The summed E-state index contributed by atoms with van der Waals surface area (Å²) >= 11 is 6.56. The maximum absolute atomic E-state index is 13.4. The van der Waals surface area contributed by atoms with Crippen LogP contribution < -0.4 is 20.3 Å². The Hall–Kier alpha value is -2.53. The Bertz CT molecular complexity index is 1380. The second-order valence-electron chi connectivity index (χ2n) is 11.1. The normalized spacial score (nSPS) is 18.2. The molecule has 0 saturated heterocycles. The number of alkyl halides is 5. The summed E-state index contributed by atoms with van der Waals surface area (Å²) in [5.74, 6) is -1.32. The molecule has 10 nitrogen and oxygen atoms in total. The summed E-state index contributed by atoms with van der Waals surface area (Å²) in [5, 5.41) is 18.4. The fourth-order valence-electron chi connectivity index (χ4n) is 4.90. The van der Waals surface area contributed by atoms with E-state index in [0.29, 0.717) is 25.7 Å². The molecule has 0 aliphatic heterocycles. The molecule has 0 unspecified atom stereocenters. The zero-order valence-electron chi connectivity index (χ0n) is 23.8. The topological polar surface area (TPSA) is 135 Å². The number of amides is 1. The van der Waals surface area contributed by atoms with Crippen molar-refractivity contribution in [2.75, 3.05) is 12.4 Å². The standard InChI is InChI=1S/C26H35ClF5N5O5S/c1-4-37-22(18-10-7-16(11-19(18)42-24(28)29)12-25(2,3)26(30,31)32)20(27)21(35-37)23(38)33-13-15-5-8-17(9-6-15)34-14-43(40,41)36-39/h7,10-11,15,17,24,34,36,39H,4-6,8-9,12-14H2,1-3H3,(H,33,38). The third-order valence-electron chi connectivity index (χ3n) is 7.44. The first-order valence-electron chi connectivity index (χ1n) is 13.5. The molecule has 43 heavy (non-hydrogen) atoms. The van der Waals surface area contributed by atoms with Crippen LogP contribution in [-0.2, 0) is 23.0 Å². The molecule has 1 aliphatic rings. The van der Waals surface area contributed by atoms with Crippen LogP contribution in [0.1, 0.15) is 62.5 Å². The van der Waals surface area contributed by atoms with E-state index in [4.69, 9.17) is 16.8 Å². The van der Waals surface area contributed by atoms with Gasteiger partial charge in [-0.25, -0.2) is 8.42 Å². The van der Waals surface area contributed by atoms with E-state index >= 15 is 0 Å². The number of aromatic nitrogens is 2. The van der Waals surface area contributed by atoms with Crippen molar-refractivity contribution in [2.24, 2.45) is 11.3 Å². The van der Waals surface area contributed by atoms with Gasteiger partial charge < -0.3 is 15.3 Å². The molecule has 1 aromatic carbocycles. The van der Waals surface area contributed by atoms with E-state index in [9.17, 15) is 35.2 Å². The average molecular weight is 660 g/mol. The van der Waals surface area contributed by atoms with Gasteiger partial charge in [-0.15, -0.1) is 0 Å². The van der Waals surface area contributed by atoms with Crippen molar-refractivity contribution in [3.05, 3.63) is 34.5 Å². The third-order valence-corrected chi connectivity index (χ3v) is 8.62. The number of carbonyl (C=O) groups excluding carboxylic acids is 1. The van der Waals surface area contributed by atoms with Gasteiger partial charge in [0.15, 0.2) is 5.69 Å². The highest BCUT2D eigenvalue weighted by Gasteiger charge is 2.47. The first-order chi connectivity index (χ1) is 20.0. The summed E-state index contributed by atoms with van der Waals surface area (Å²) in [4.78, 5) is 14.3. The molecule has 242 valence electrons. The molecule has 1 saturated carbocycles. The monoisotopic (exact) mass is 659 g/mol. The summed E-state index contributed by atoms with van der Waals surface area (Å²) < 4.78 is 95.7. The Labute approximate surface area is 251 Å². The van der Waals surface area contributed by atoms with Crippen LogP contribution in [0.15, 0.2) is 18.2 Å². The molecule has 1 aliphatic carbocycles. The maximum atomic E-state index is 13.4. The predicted octanol–water partition coefficient (Wildman–Crippen LogP) is 5.10. The van der Waals surface area contributed by atoms with Crippen LogP contribution in [0.4, 0.5) is 22.0 Å². The number of nitrogens with zero attached hydrogens (tertiary/aromatic N) is 2. The van der Waals surface area contributed by atoms with Crippen LogP contribution in [0, 0.1) is 11.3 Å². The Morgan fingerprint density at radius 1 is 1.21 bits per heavy atom. The van der Waals surface area contributed by atoms with Crippen molar-refractivity contribution in [3.8, 4) is 17.0 Å². The molecular weight excluding hydrogens is 625 g/mol. The van der Waals surface area contributed by atoms with Gasteiger partial charge in [0.2, 0.25) is 10.0 Å². The number of benzene rings is 1. The van der Waals surface area contributed by atoms with E-state index in [1.54, 1.807) is 6.92 Å². The highest BCUT2D eigenvalue weighted by Crippen LogP contribution is 2.43. The fraction of sp³-hybridized carbons (Fsp3) is 0.615. The molecule has 0 bridgehead atoms. The first kappa shape index (κ1) is 35.0. The molecule has 4 N–H and O–H groups in total.